The van der Waals surface area contributed by atoms with E-state index in [9.17, 15) is 0 Å². The van der Waals surface area contributed by atoms with Gasteiger partial charge in [0.05, 0.1) is 0 Å². The SMILES string of the molecule is c1ccc(-c2ccc(N(c3ccc(-c4ccccc4)cc3)c3cccc(-c4cc(-c5nc(-c6ccccc6)nc(-c6ccccc6)n5)cc(-c5cccc6c5oc5ccccc56)c4)c3)cc2)cc1. The first-order chi connectivity index (χ1) is 33.7. The topological polar surface area (TPSA) is 55.1 Å². The van der Waals surface area contributed by atoms with Crippen LogP contribution in [0.4, 0.5) is 17.1 Å². The molecule has 2 heterocycles. The van der Waals surface area contributed by atoms with Gasteiger partial charge in [-0.25, -0.2) is 15.0 Å². The molecule has 5 nitrogen and oxygen atoms in total. The molecule has 0 atom stereocenters. The Morgan fingerprint density at radius 2 is 0.691 bits per heavy atom. The molecule has 68 heavy (non-hydrogen) atoms. The van der Waals surface area contributed by atoms with Gasteiger partial charge in [-0.15, -0.1) is 0 Å². The number of anilines is 3. The molecule has 0 fully saturated rings. The van der Waals surface area contributed by atoms with Crippen LogP contribution in [-0.2, 0) is 0 Å². The van der Waals surface area contributed by atoms with Gasteiger partial charge in [0.15, 0.2) is 17.5 Å². The second-order valence-electron chi connectivity index (χ2n) is 16.8. The van der Waals surface area contributed by atoms with Crippen molar-refractivity contribution in [2.45, 2.75) is 0 Å². The summed E-state index contributed by atoms with van der Waals surface area (Å²) in [6.07, 6.45) is 0. The van der Waals surface area contributed by atoms with Gasteiger partial charge in [-0.3, -0.25) is 0 Å². The molecular weight excluding hydrogens is 829 g/mol. The second-order valence-corrected chi connectivity index (χ2v) is 16.8. The van der Waals surface area contributed by atoms with E-state index in [0.717, 1.165) is 89.1 Å². The third kappa shape index (κ3) is 7.88. The van der Waals surface area contributed by atoms with Crippen molar-refractivity contribution >= 4 is 39.0 Å². The molecule has 320 valence electrons. The Bertz CT molecular complexity index is 3560. The molecule has 5 heteroatoms. The Morgan fingerprint density at radius 1 is 0.265 bits per heavy atom. The van der Waals surface area contributed by atoms with Gasteiger partial charge in [-0.2, -0.15) is 0 Å². The summed E-state index contributed by atoms with van der Waals surface area (Å²) in [5, 5.41) is 2.15. The van der Waals surface area contributed by atoms with Gasteiger partial charge in [-0.05, 0) is 99.6 Å². The maximum Gasteiger partial charge on any atom is 0.164 e. The lowest BCUT2D eigenvalue weighted by Crippen LogP contribution is -2.10. The summed E-state index contributed by atoms with van der Waals surface area (Å²) < 4.78 is 6.66. The fraction of sp³-hybridized carbons (Fsp3) is 0. The van der Waals surface area contributed by atoms with Crippen LogP contribution in [0.25, 0.3) is 101 Å². The lowest BCUT2D eigenvalue weighted by molar-refractivity contribution is 0.670. The van der Waals surface area contributed by atoms with Gasteiger partial charge in [0.25, 0.3) is 0 Å². The van der Waals surface area contributed by atoms with Gasteiger partial charge < -0.3 is 9.32 Å². The molecule has 12 aromatic rings. The van der Waals surface area contributed by atoms with Crippen LogP contribution in [0.3, 0.4) is 0 Å². The molecule has 0 aliphatic heterocycles. The Morgan fingerprint density at radius 3 is 1.26 bits per heavy atom. The Kier molecular flexibility index (Phi) is 10.5. The Labute approximate surface area is 395 Å². The summed E-state index contributed by atoms with van der Waals surface area (Å²) >= 11 is 0. The minimum Gasteiger partial charge on any atom is -0.455 e. The molecule has 0 amide bonds. The number of nitrogens with zero attached hydrogens (tertiary/aromatic N) is 4. The van der Waals surface area contributed by atoms with E-state index in [0.29, 0.717) is 17.5 Å². The first-order valence-corrected chi connectivity index (χ1v) is 22.8. The molecule has 0 aliphatic rings. The summed E-state index contributed by atoms with van der Waals surface area (Å²) in [6.45, 7) is 0. The summed E-state index contributed by atoms with van der Waals surface area (Å²) in [7, 11) is 0. The highest BCUT2D eigenvalue weighted by Crippen LogP contribution is 2.42. The highest BCUT2D eigenvalue weighted by atomic mass is 16.3. The largest absolute Gasteiger partial charge is 0.455 e. The van der Waals surface area contributed by atoms with Crippen molar-refractivity contribution in [2.24, 2.45) is 0 Å². The van der Waals surface area contributed by atoms with Crippen LogP contribution in [0.15, 0.2) is 259 Å². The van der Waals surface area contributed by atoms with E-state index in [1.807, 2.05) is 72.8 Å². The number of fused-ring (bicyclic) bond motifs is 3. The van der Waals surface area contributed by atoms with E-state index in [2.05, 4.69) is 187 Å². The molecular formula is C63H42N4O. The van der Waals surface area contributed by atoms with E-state index < -0.39 is 0 Å². The van der Waals surface area contributed by atoms with E-state index in [4.69, 9.17) is 19.4 Å². The summed E-state index contributed by atoms with van der Waals surface area (Å²) in [4.78, 5) is 17.7. The second kappa shape index (κ2) is 17.7. The normalized spacial score (nSPS) is 11.2. The standard InChI is InChI=1S/C63H42N4O/c1-5-17-43(18-6-1)45-31-35-53(36-32-45)67(54-37-33-46(34-38-54)44-19-7-2-8-20-44)55-26-15-25-49(42-55)50-39-51(56-28-16-29-58-57-27-13-14-30-59(57)68-60(56)58)41-52(40-50)63-65-61(47-21-9-3-10-22-47)64-62(66-63)48-23-11-4-12-24-48/h1-42H. The zero-order chi connectivity index (χ0) is 45.2. The number of para-hydroxylation sites is 2. The molecule has 0 N–H and O–H groups in total. The molecule has 0 bridgehead atoms. The predicted octanol–water partition coefficient (Wildman–Crippen LogP) is 16.9. The van der Waals surface area contributed by atoms with Gasteiger partial charge >= 0.3 is 0 Å². The van der Waals surface area contributed by atoms with Crippen LogP contribution < -0.4 is 4.90 Å². The molecule has 0 saturated heterocycles. The van der Waals surface area contributed by atoms with Crippen LogP contribution in [-0.4, -0.2) is 15.0 Å². The van der Waals surface area contributed by atoms with Crippen LogP contribution in [0.1, 0.15) is 0 Å². The van der Waals surface area contributed by atoms with Crippen LogP contribution in [0, 0.1) is 0 Å². The lowest BCUT2D eigenvalue weighted by Gasteiger charge is -2.26. The molecule has 0 saturated carbocycles. The number of hydrogen-bond donors (Lipinski definition) is 0. The quantitative estimate of drug-likeness (QED) is 0.137. The average Bonchev–Trinajstić information content (AvgIpc) is 3.81. The molecule has 0 unspecified atom stereocenters. The monoisotopic (exact) mass is 870 g/mol. The van der Waals surface area contributed by atoms with Crippen LogP contribution in [0.5, 0.6) is 0 Å². The number of aromatic nitrogens is 3. The minimum atomic E-state index is 0.576. The molecule has 0 radical (unpaired) electrons. The Balaban J connectivity index is 1.04. The summed E-state index contributed by atoms with van der Waals surface area (Å²) in [6, 6.07) is 89.0. The third-order valence-corrected chi connectivity index (χ3v) is 12.5. The minimum absolute atomic E-state index is 0.576. The third-order valence-electron chi connectivity index (χ3n) is 12.5. The highest BCUT2D eigenvalue weighted by molar-refractivity contribution is 6.10. The van der Waals surface area contributed by atoms with Crippen molar-refractivity contribution in [3.05, 3.63) is 255 Å². The maximum atomic E-state index is 6.66. The zero-order valence-electron chi connectivity index (χ0n) is 36.9. The molecule has 0 aliphatic carbocycles. The molecule has 0 spiro atoms. The van der Waals surface area contributed by atoms with Gasteiger partial charge in [0.1, 0.15) is 11.2 Å². The number of benzene rings is 10. The Hall–Kier alpha value is -9.19. The van der Waals surface area contributed by atoms with Crippen molar-refractivity contribution in [1.29, 1.82) is 0 Å². The maximum absolute atomic E-state index is 6.66. The van der Waals surface area contributed by atoms with E-state index in [-0.39, 0.29) is 0 Å². The molecule has 10 aromatic carbocycles. The van der Waals surface area contributed by atoms with Gasteiger partial charge in [-0.1, -0.05) is 194 Å². The lowest BCUT2D eigenvalue weighted by atomic mass is 9.94. The smallest absolute Gasteiger partial charge is 0.164 e. The highest BCUT2D eigenvalue weighted by Gasteiger charge is 2.19. The van der Waals surface area contributed by atoms with Crippen molar-refractivity contribution < 1.29 is 4.42 Å². The van der Waals surface area contributed by atoms with E-state index >= 15 is 0 Å². The fourth-order valence-corrected chi connectivity index (χ4v) is 9.13. The van der Waals surface area contributed by atoms with Crippen molar-refractivity contribution in [3.63, 3.8) is 0 Å². The first kappa shape index (κ1) is 40.3. The van der Waals surface area contributed by atoms with Gasteiger partial charge in [0.2, 0.25) is 0 Å². The van der Waals surface area contributed by atoms with E-state index in [1.165, 1.54) is 11.1 Å². The van der Waals surface area contributed by atoms with Crippen molar-refractivity contribution in [2.75, 3.05) is 4.90 Å². The molecule has 2 aromatic heterocycles. The summed E-state index contributed by atoms with van der Waals surface area (Å²) in [5.74, 6) is 1.79. The average molecular weight is 871 g/mol. The summed E-state index contributed by atoms with van der Waals surface area (Å²) in [5.41, 5.74) is 16.2. The van der Waals surface area contributed by atoms with Crippen LogP contribution >= 0.6 is 0 Å². The number of furan rings is 1. The zero-order valence-corrected chi connectivity index (χ0v) is 36.9. The fourth-order valence-electron chi connectivity index (χ4n) is 9.13. The van der Waals surface area contributed by atoms with Crippen LogP contribution in [0.2, 0.25) is 0 Å². The number of rotatable bonds is 10. The van der Waals surface area contributed by atoms with Gasteiger partial charge in [0, 0.05) is 50.1 Å². The predicted molar refractivity (Wildman–Crippen MR) is 280 cm³/mol. The van der Waals surface area contributed by atoms with E-state index in [1.54, 1.807) is 0 Å². The first-order valence-electron chi connectivity index (χ1n) is 22.8. The molecule has 12 rings (SSSR count). The van der Waals surface area contributed by atoms with Crippen molar-refractivity contribution in [1.82, 2.24) is 15.0 Å². The number of hydrogen-bond acceptors (Lipinski definition) is 5. The van der Waals surface area contributed by atoms with Crippen molar-refractivity contribution in [3.8, 4) is 78.7 Å².